The number of ether oxygens (including phenoxy) is 1. The third-order valence-electron chi connectivity index (χ3n) is 6.16. The van der Waals surface area contributed by atoms with Gasteiger partial charge in [0.2, 0.25) is 11.8 Å². The molecule has 0 aromatic heterocycles. The molecule has 158 valence electrons. The van der Waals surface area contributed by atoms with Crippen molar-refractivity contribution < 1.29 is 32.6 Å². The molecule has 2 amide bonds. The van der Waals surface area contributed by atoms with Crippen LogP contribution >= 0.6 is 0 Å². The highest BCUT2D eigenvalue weighted by molar-refractivity contribution is 5.96. The highest BCUT2D eigenvalue weighted by Gasteiger charge is 2.56. The van der Waals surface area contributed by atoms with Crippen molar-refractivity contribution in [1.82, 2.24) is 4.90 Å². The Morgan fingerprint density at radius 3 is 2.52 bits per heavy atom. The fourth-order valence-electron chi connectivity index (χ4n) is 4.85. The summed E-state index contributed by atoms with van der Waals surface area (Å²) >= 11 is 0. The van der Waals surface area contributed by atoms with Gasteiger partial charge in [-0.2, -0.15) is 13.2 Å². The van der Waals surface area contributed by atoms with E-state index in [9.17, 15) is 27.9 Å². The minimum absolute atomic E-state index is 0.00204. The number of carbonyl (C=O) groups excluding carboxylic acids is 2. The van der Waals surface area contributed by atoms with E-state index < -0.39 is 30.6 Å². The van der Waals surface area contributed by atoms with Gasteiger partial charge >= 0.3 is 6.18 Å². The van der Waals surface area contributed by atoms with E-state index in [-0.39, 0.29) is 30.9 Å². The number of benzene rings is 1. The Balaban J connectivity index is 1.63. The molecular weight excluding hydrogens is 389 g/mol. The second-order valence-corrected chi connectivity index (χ2v) is 7.83. The van der Waals surface area contributed by atoms with Crippen molar-refractivity contribution in [3.63, 3.8) is 0 Å². The molecule has 2 saturated heterocycles. The van der Waals surface area contributed by atoms with Crippen LogP contribution in [0.4, 0.5) is 18.9 Å². The van der Waals surface area contributed by atoms with Gasteiger partial charge in [0.15, 0.2) is 0 Å². The van der Waals surface area contributed by atoms with Crippen molar-refractivity contribution in [2.45, 2.75) is 43.4 Å². The number of fused-ring (bicyclic) bond motifs is 3. The number of hydrogen-bond acceptors (Lipinski definition) is 4. The predicted molar refractivity (Wildman–Crippen MR) is 97.3 cm³/mol. The number of amides is 2. The van der Waals surface area contributed by atoms with E-state index in [4.69, 9.17) is 4.74 Å². The summed E-state index contributed by atoms with van der Waals surface area (Å²) < 4.78 is 43.8. The highest BCUT2D eigenvalue weighted by atomic mass is 19.4. The highest BCUT2D eigenvalue weighted by Crippen LogP contribution is 2.49. The Hall–Kier alpha value is -2.13. The first-order chi connectivity index (χ1) is 13.8. The number of aliphatic hydroxyl groups is 1. The van der Waals surface area contributed by atoms with Crippen molar-refractivity contribution in [2.75, 3.05) is 31.3 Å². The van der Waals surface area contributed by atoms with E-state index in [0.29, 0.717) is 37.3 Å². The van der Waals surface area contributed by atoms with E-state index in [0.717, 1.165) is 4.90 Å². The van der Waals surface area contributed by atoms with Crippen molar-refractivity contribution in [3.8, 4) is 0 Å². The number of likely N-dealkylation sites (tertiary alicyclic amines) is 1. The second-order valence-electron chi connectivity index (χ2n) is 7.83. The molecule has 0 bridgehead atoms. The molecule has 1 aromatic rings. The van der Waals surface area contributed by atoms with Gasteiger partial charge in [-0.25, -0.2) is 0 Å². The standard InChI is InChI=1S/C20H23F3N2O4/c21-20(22,23)9-17(27)24-10-15-18(13-3-1-2-4-14(13)24)16(11-26)25(15)19(28)12-5-7-29-8-6-12/h1-4,12,15-16,18,26H,5-11H2/t15-,16-,18+/m1/s1. The molecular formula is C20H23F3N2O4. The Bertz CT molecular complexity index is 794. The molecule has 3 aliphatic heterocycles. The molecule has 4 rings (SSSR count). The lowest BCUT2D eigenvalue weighted by Gasteiger charge is -2.59. The van der Waals surface area contributed by atoms with Crippen molar-refractivity contribution in [3.05, 3.63) is 29.8 Å². The summed E-state index contributed by atoms with van der Waals surface area (Å²) in [5, 5.41) is 9.95. The molecule has 9 heteroatoms. The van der Waals surface area contributed by atoms with Gasteiger partial charge in [0.1, 0.15) is 6.42 Å². The lowest BCUT2D eigenvalue weighted by Crippen LogP contribution is -2.71. The van der Waals surface area contributed by atoms with Crippen LogP contribution in [0.5, 0.6) is 0 Å². The van der Waals surface area contributed by atoms with Crippen LogP contribution in [-0.2, 0) is 14.3 Å². The molecule has 0 unspecified atom stereocenters. The summed E-state index contributed by atoms with van der Waals surface area (Å²) in [6, 6.07) is 5.94. The molecule has 0 spiro atoms. The lowest BCUT2D eigenvalue weighted by atomic mass is 9.71. The number of carbonyl (C=O) groups is 2. The predicted octanol–water partition coefficient (Wildman–Crippen LogP) is 2.07. The molecule has 3 atom stereocenters. The van der Waals surface area contributed by atoms with Crippen LogP contribution in [0.2, 0.25) is 0 Å². The van der Waals surface area contributed by atoms with Gasteiger partial charge in [0.25, 0.3) is 0 Å². The monoisotopic (exact) mass is 412 g/mol. The molecule has 3 heterocycles. The summed E-state index contributed by atoms with van der Waals surface area (Å²) in [5.74, 6) is -1.57. The number of anilines is 1. The van der Waals surface area contributed by atoms with Crippen molar-refractivity contribution >= 4 is 17.5 Å². The SMILES string of the molecule is O=C(CC(F)(F)F)N1C[C@@H]2[C@H](c3ccccc31)[C@@H](CO)N2C(=O)C1CCOCC1. The van der Waals surface area contributed by atoms with Crippen molar-refractivity contribution in [1.29, 1.82) is 0 Å². The molecule has 6 nitrogen and oxygen atoms in total. The Morgan fingerprint density at radius 2 is 1.86 bits per heavy atom. The van der Waals surface area contributed by atoms with Gasteiger partial charge in [-0.05, 0) is 24.5 Å². The van der Waals surface area contributed by atoms with Gasteiger partial charge in [-0.1, -0.05) is 18.2 Å². The maximum Gasteiger partial charge on any atom is 0.397 e. The molecule has 2 fully saturated rings. The molecule has 0 radical (unpaired) electrons. The maximum atomic E-state index is 13.1. The molecule has 1 N–H and O–H groups in total. The van der Waals surface area contributed by atoms with Crippen LogP contribution in [0.3, 0.4) is 0 Å². The number of halogens is 3. The van der Waals surface area contributed by atoms with Crippen LogP contribution in [0.1, 0.15) is 30.7 Å². The first kappa shape index (κ1) is 20.2. The third-order valence-corrected chi connectivity index (χ3v) is 6.16. The third kappa shape index (κ3) is 3.61. The first-order valence-corrected chi connectivity index (χ1v) is 9.78. The van der Waals surface area contributed by atoms with Crippen LogP contribution in [0.15, 0.2) is 24.3 Å². The van der Waals surface area contributed by atoms with E-state index in [2.05, 4.69) is 0 Å². The quantitative estimate of drug-likeness (QED) is 0.825. The van der Waals surface area contributed by atoms with E-state index in [1.807, 2.05) is 0 Å². The average molecular weight is 412 g/mol. The van der Waals surface area contributed by atoms with Gasteiger partial charge in [0, 0.05) is 37.3 Å². The molecule has 3 aliphatic rings. The summed E-state index contributed by atoms with van der Waals surface area (Å²) in [6.45, 7) is 0.741. The minimum atomic E-state index is -4.60. The van der Waals surface area contributed by atoms with E-state index in [1.165, 1.54) is 0 Å². The van der Waals surface area contributed by atoms with Gasteiger partial charge in [0.05, 0.1) is 18.7 Å². The largest absolute Gasteiger partial charge is 0.397 e. The normalized spacial score (nSPS) is 27.1. The second kappa shape index (κ2) is 7.60. The number of aliphatic hydroxyl groups excluding tert-OH is 1. The van der Waals surface area contributed by atoms with Gasteiger partial charge < -0.3 is 19.6 Å². The Kier molecular flexibility index (Phi) is 5.29. The summed E-state index contributed by atoms with van der Waals surface area (Å²) in [5.41, 5.74) is 1.13. The summed E-state index contributed by atoms with van der Waals surface area (Å²) in [4.78, 5) is 28.2. The van der Waals surface area contributed by atoms with Crippen LogP contribution in [-0.4, -0.2) is 66.4 Å². The molecule has 29 heavy (non-hydrogen) atoms. The molecule has 0 saturated carbocycles. The Morgan fingerprint density at radius 1 is 1.17 bits per heavy atom. The summed E-state index contributed by atoms with van der Waals surface area (Å²) in [7, 11) is 0. The number of alkyl halides is 3. The fourth-order valence-corrected chi connectivity index (χ4v) is 4.85. The van der Waals surface area contributed by atoms with Crippen LogP contribution in [0, 0.1) is 5.92 Å². The van der Waals surface area contributed by atoms with Gasteiger partial charge in [-0.15, -0.1) is 0 Å². The first-order valence-electron chi connectivity index (χ1n) is 9.78. The summed E-state index contributed by atoms with van der Waals surface area (Å²) in [6.07, 6.45) is -4.99. The molecule has 1 aromatic carbocycles. The number of para-hydroxylation sites is 1. The smallest absolute Gasteiger partial charge is 0.394 e. The topological polar surface area (TPSA) is 70.1 Å². The minimum Gasteiger partial charge on any atom is -0.394 e. The fraction of sp³-hybridized carbons (Fsp3) is 0.600. The van der Waals surface area contributed by atoms with Crippen LogP contribution < -0.4 is 4.90 Å². The van der Waals surface area contributed by atoms with E-state index >= 15 is 0 Å². The average Bonchev–Trinajstić information content (AvgIpc) is 2.67. The van der Waals surface area contributed by atoms with E-state index in [1.54, 1.807) is 29.2 Å². The maximum absolute atomic E-state index is 13.1. The zero-order valence-corrected chi connectivity index (χ0v) is 15.8. The lowest BCUT2D eigenvalue weighted by molar-refractivity contribution is -0.160. The van der Waals surface area contributed by atoms with Crippen LogP contribution in [0.25, 0.3) is 0 Å². The van der Waals surface area contributed by atoms with Gasteiger partial charge in [-0.3, -0.25) is 9.59 Å². The molecule has 0 aliphatic carbocycles. The Labute approximate surface area is 166 Å². The number of rotatable bonds is 3. The zero-order chi connectivity index (χ0) is 20.8. The van der Waals surface area contributed by atoms with Crippen molar-refractivity contribution in [2.24, 2.45) is 5.92 Å². The zero-order valence-electron chi connectivity index (χ0n) is 15.8. The number of nitrogens with zero attached hydrogens (tertiary/aromatic N) is 2. The number of hydrogen-bond donors (Lipinski definition) is 1.